The van der Waals surface area contributed by atoms with Crippen molar-refractivity contribution in [1.82, 2.24) is 4.98 Å². The number of rotatable bonds is 3. The molecule has 0 aliphatic rings. The Labute approximate surface area is 102 Å². The van der Waals surface area contributed by atoms with E-state index in [1.54, 1.807) is 18.2 Å². The van der Waals surface area contributed by atoms with Gasteiger partial charge in [0.2, 0.25) is 0 Å². The number of fused-ring (bicyclic) bond motifs is 1. The largest absolute Gasteiger partial charge is 0.431 e. The van der Waals surface area contributed by atoms with Gasteiger partial charge in [0.15, 0.2) is 0 Å². The van der Waals surface area contributed by atoms with Crippen LogP contribution < -0.4 is 0 Å². The van der Waals surface area contributed by atoms with Gasteiger partial charge in [0, 0.05) is 17.3 Å². The number of benzene rings is 1. The molecular formula is C13H12F3NO. The van der Waals surface area contributed by atoms with Gasteiger partial charge in [0.05, 0.1) is 0 Å². The molecule has 0 aliphatic carbocycles. The number of H-pyrrole nitrogens is 1. The minimum Gasteiger partial charge on any atom is -0.351 e. The average molecular weight is 255 g/mol. The summed E-state index contributed by atoms with van der Waals surface area (Å²) in [6.45, 7) is 1.87. The molecule has 0 spiro atoms. The maximum Gasteiger partial charge on any atom is 0.431 e. The van der Waals surface area contributed by atoms with Crippen LogP contribution in [0.2, 0.25) is 0 Å². The van der Waals surface area contributed by atoms with Crippen LogP contribution in [0.5, 0.6) is 0 Å². The van der Waals surface area contributed by atoms with Crippen molar-refractivity contribution < 1.29 is 18.0 Å². The SMILES string of the molecule is CC(CC=O)c1ccc2[nH]c(C(F)(F)F)cc2c1. The first-order chi connectivity index (χ1) is 8.41. The summed E-state index contributed by atoms with van der Waals surface area (Å²) in [6.07, 6.45) is -3.19. The van der Waals surface area contributed by atoms with Crippen molar-refractivity contribution in [1.29, 1.82) is 0 Å². The predicted octanol–water partition coefficient (Wildman–Crippen LogP) is 3.88. The lowest BCUT2D eigenvalue weighted by Crippen LogP contribution is -2.04. The minimum atomic E-state index is -4.37. The Balaban J connectivity index is 2.42. The topological polar surface area (TPSA) is 32.9 Å². The van der Waals surface area contributed by atoms with E-state index in [1.807, 2.05) is 6.92 Å². The van der Waals surface area contributed by atoms with E-state index in [9.17, 15) is 18.0 Å². The number of aldehydes is 1. The molecular weight excluding hydrogens is 243 g/mol. The molecule has 1 aromatic heterocycles. The van der Waals surface area contributed by atoms with Gasteiger partial charge in [-0.3, -0.25) is 0 Å². The van der Waals surface area contributed by atoms with Crippen molar-refractivity contribution in [2.24, 2.45) is 0 Å². The fraction of sp³-hybridized carbons (Fsp3) is 0.308. The standard InChI is InChI=1S/C13H12F3NO/c1-8(4-5-18)9-2-3-11-10(6-9)7-12(17-11)13(14,15)16/h2-3,5-8,17H,4H2,1H3. The van der Waals surface area contributed by atoms with Gasteiger partial charge in [-0.15, -0.1) is 0 Å². The molecule has 2 rings (SSSR count). The van der Waals surface area contributed by atoms with E-state index in [0.29, 0.717) is 17.3 Å². The zero-order valence-corrected chi connectivity index (χ0v) is 9.71. The number of carbonyl (C=O) groups is 1. The fourth-order valence-corrected chi connectivity index (χ4v) is 1.89. The Morgan fingerprint density at radius 1 is 1.33 bits per heavy atom. The first-order valence-electron chi connectivity index (χ1n) is 5.55. The number of aromatic nitrogens is 1. The Hall–Kier alpha value is -1.78. The summed E-state index contributed by atoms with van der Waals surface area (Å²) in [4.78, 5) is 12.8. The third kappa shape index (κ3) is 2.39. The van der Waals surface area contributed by atoms with Crippen molar-refractivity contribution in [3.05, 3.63) is 35.5 Å². The van der Waals surface area contributed by atoms with Gasteiger partial charge < -0.3 is 9.78 Å². The van der Waals surface area contributed by atoms with E-state index >= 15 is 0 Å². The first kappa shape index (κ1) is 12.7. The second kappa shape index (κ2) is 4.48. The highest BCUT2D eigenvalue weighted by atomic mass is 19.4. The van der Waals surface area contributed by atoms with Crippen molar-refractivity contribution in [2.75, 3.05) is 0 Å². The third-order valence-corrected chi connectivity index (χ3v) is 2.97. The molecule has 1 heterocycles. The maximum absolute atomic E-state index is 12.5. The van der Waals surface area contributed by atoms with Crippen LogP contribution >= 0.6 is 0 Å². The van der Waals surface area contributed by atoms with Crippen LogP contribution in [-0.2, 0) is 11.0 Å². The van der Waals surface area contributed by atoms with Crippen LogP contribution in [0, 0.1) is 0 Å². The molecule has 0 fully saturated rings. The molecule has 96 valence electrons. The lowest BCUT2D eigenvalue weighted by molar-refractivity contribution is -0.140. The molecule has 0 bridgehead atoms. The third-order valence-electron chi connectivity index (χ3n) is 2.97. The molecule has 2 nitrogen and oxygen atoms in total. The van der Waals surface area contributed by atoms with Crippen molar-refractivity contribution in [3.8, 4) is 0 Å². The van der Waals surface area contributed by atoms with E-state index in [1.165, 1.54) is 0 Å². The summed E-state index contributed by atoms with van der Waals surface area (Å²) in [5.41, 5.74) is 0.560. The van der Waals surface area contributed by atoms with Crippen molar-refractivity contribution in [2.45, 2.75) is 25.4 Å². The summed E-state index contributed by atoms with van der Waals surface area (Å²) in [5, 5.41) is 0.512. The number of carbonyl (C=O) groups excluding carboxylic acids is 1. The fourth-order valence-electron chi connectivity index (χ4n) is 1.89. The van der Waals surface area contributed by atoms with Gasteiger partial charge in [-0.1, -0.05) is 13.0 Å². The lowest BCUT2D eigenvalue weighted by atomic mass is 9.97. The molecule has 18 heavy (non-hydrogen) atoms. The molecule has 1 N–H and O–H groups in total. The Kier molecular flexibility index (Phi) is 3.15. The normalized spacial score (nSPS) is 13.8. The average Bonchev–Trinajstić information content (AvgIpc) is 2.71. The molecule has 0 radical (unpaired) electrons. The number of aromatic amines is 1. The number of alkyl halides is 3. The highest BCUT2D eigenvalue weighted by Gasteiger charge is 2.32. The molecule has 5 heteroatoms. The van der Waals surface area contributed by atoms with E-state index < -0.39 is 11.9 Å². The van der Waals surface area contributed by atoms with Gasteiger partial charge >= 0.3 is 6.18 Å². The summed E-state index contributed by atoms with van der Waals surface area (Å²) < 4.78 is 37.6. The summed E-state index contributed by atoms with van der Waals surface area (Å²) in [7, 11) is 0. The Morgan fingerprint density at radius 3 is 2.67 bits per heavy atom. The molecule has 1 aromatic carbocycles. The van der Waals surface area contributed by atoms with Gasteiger partial charge in [-0.05, 0) is 29.7 Å². The van der Waals surface area contributed by atoms with Gasteiger partial charge in [-0.2, -0.15) is 13.2 Å². The Bertz CT molecular complexity index is 571. The second-order valence-electron chi connectivity index (χ2n) is 4.33. The highest BCUT2D eigenvalue weighted by Crippen LogP contribution is 2.32. The molecule has 0 aliphatic heterocycles. The van der Waals surface area contributed by atoms with Gasteiger partial charge in [0.1, 0.15) is 12.0 Å². The number of hydrogen-bond acceptors (Lipinski definition) is 1. The van der Waals surface area contributed by atoms with Crippen LogP contribution in [0.3, 0.4) is 0 Å². The molecule has 0 saturated heterocycles. The van der Waals surface area contributed by atoms with Crippen LogP contribution in [0.1, 0.15) is 30.5 Å². The molecule has 2 aromatic rings. The number of nitrogens with one attached hydrogen (secondary N) is 1. The summed E-state index contributed by atoms with van der Waals surface area (Å²) >= 11 is 0. The molecule has 0 amide bonds. The molecule has 1 atom stereocenters. The maximum atomic E-state index is 12.5. The van der Waals surface area contributed by atoms with Crippen molar-refractivity contribution in [3.63, 3.8) is 0 Å². The van der Waals surface area contributed by atoms with Crippen molar-refractivity contribution >= 4 is 17.2 Å². The predicted molar refractivity (Wildman–Crippen MR) is 62.4 cm³/mol. The summed E-state index contributed by atoms with van der Waals surface area (Å²) in [6, 6.07) is 6.13. The summed E-state index contributed by atoms with van der Waals surface area (Å²) in [5.74, 6) is 0.0103. The minimum absolute atomic E-state index is 0.0103. The zero-order valence-electron chi connectivity index (χ0n) is 9.71. The van der Waals surface area contributed by atoms with Gasteiger partial charge in [-0.25, -0.2) is 0 Å². The highest BCUT2D eigenvalue weighted by molar-refractivity contribution is 5.81. The van der Waals surface area contributed by atoms with E-state index in [4.69, 9.17) is 0 Å². The van der Waals surface area contributed by atoms with Crippen LogP contribution in [0.4, 0.5) is 13.2 Å². The smallest absolute Gasteiger partial charge is 0.351 e. The Morgan fingerprint density at radius 2 is 2.06 bits per heavy atom. The zero-order chi connectivity index (χ0) is 13.3. The van der Waals surface area contributed by atoms with Crippen LogP contribution in [-0.4, -0.2) is 11.3 Å². The van der Waals surface area contributed by atoms with Gasteiger partial charge in [0.25, 0.3) is 0 Å². The second-order valence-corrected chi connectivity index (χ2v) is 4.33. The van der Waals surface area contributed by atoms with Crippen LogP contribution in [0.15, 0.2) is 24.3 Å². The molecule has 1 unspecified atom stereocenters. The molecule has 0 saturated carbocycles. The number of halogens is 3. The first-order valence-corrected chi connectivity index (χ1v) is 5.55. The monoisotopic (exact) mass is 255 g/mol. The quantitative estimate of drug-likeness (QED) is 0.829. The number of hydrogen-bond donors (Lipinski definition) is 1. The lowest BCUT2D eigenvalue weighted by Gasteiger charge is -2.07. The van der Waals surface area contributed by atoms with E-state index in [2.05, 4.69) is 4.98 Å². The van der Waals surface area contributed by atoms with E-state index in [-0.39, 0.29) is 5.92 Å². The van der Waals surface area contributed by atoms with E-state index in [0.717, 1.165) is 17.9 Å². The van der Waals surface area contributed by atoms with Crippen LogP contribution in [0.25, 0.3) is 10.9 Å².